The van der Waals surface area contributed by atoms with Crippen molar-refractivity contribution in [3.63, 3.8) is 0 Å². The highest BCUT2D eigenvalue weighted by Gasteiger charge is 2.35. The first-order valence-corrected chi connectivity index (χ1v) is 14.8. The zero-order valence-corrected chi connectivity index (χ0v) is 24.2. The Morgan fingerprint density at radius 2 is 1.26 bits per heavy atom. The molecule has 204 valence electrons. The van der Waals surface area contributed by atoms with Crippen LogP contribution >= 0.6 is 0 Å². The van der Waals surface area contributed by atoms with Gasteiger partial charge in [0.05, 0.1) is 6.07 Å². The molecule has 0 aromatic heterocycles. The van der Waals surface area contributed by atoms with E-state index in [-0.39, 0.29) is 5.41 Å². The molecule has 0 saturated heterocycles. The van der Waals surface area contributed by atoms with Crippen LogP contribution in [0.4, 0.5) is 0 Å². The summed E-state index contributed by atoms with van der Waals surface area (Å²) >= 11 is 0. The first-order chi connectivity index (χ1) is 21.1. The summed E-state index contributed by atoms with van der Waals surface area (Å²) in [6.07, 6.45) is 7.58. The summed E-state index contributed by atoms with van der Waals surface area (Å²) in [7, 11) is 0. The third-order valence-corrected chi connectivity index (χ3v) is 8.76. The Bertz CT molecular complexity index is 2020. The summed E-state index contributed by atoms with van der Waals surface area (Å²) in [4.78, 5) is 0. The molecule has 0 aliphatic heterocycles. The fourth-order valence-corrected chi connectivity index (χ4v) is 6.46. The number of hydrogen-bond donors (Lipinski definition) is 0. The highest BCUT2D eigenvalue weighted by molar-refractivity contribution is 5.95. The Hall–Kier alpha value is -5.45. The van der Waals surface area contributed by atoms with Crippen LogP contribution in [0.2, 0.25) is 0 Å². The first-order valence-electron chi connectivity index (χ1n) is 14.8. The van der Waals surface area contributed by atoms with Crippen molar-refractivity contribution in [1.29, 1.82) is 5.26 Å². The number of allylic oxidation sites excluding steroid dienone is 2. The molecule has 1 aliphatic carbocycles. The lowest BCUT2D eigenvalue weighted by atomic mass is 9.67. The van der Waals surface area contributed by atoms with Gasteiger partial charge in [-0.1, -0.05) is 146 Å². The van der Waals surface area contributed by atoms with Crippen molar-refractivity contribution >= 4 is 22.9 Å². The van der Waals surface area contributed by atoms with Gasteiger partial charge in [0.25, 0.3) is 0 Å². The van der Waals surface area contributed by atoms with Crippen LogP contribution in [0.25, 0.3) is 45.2 Å². The molecule has 0 saturated carbocycles. The van der Waals surface area contributed by atoms with Crippen LogP contribution in [-0.2, 0) is 11.8 Å². The Labute approximate surface area is 253 Å². The van der Waals surface area contributed by atoms with Gasteiger partial charge in [-0.2, -0.15) is 5.26 Å². The van der Waals surface area contributed by atoms with Crippen molar-refractivity contribution in [2.75, 3.05) is 0 Å². The van der Waals surface area contributed by atoms with Gasteiger partial charge < -0.3 is 0 Å². The van der Waals surface area contributed by atoms with E-state index < -0.39 is 0 Å². The van der Waals surface area contributed by atoms with Crippen molar-refractivity contribution < 1.29 is 0 Å². The lowest BCUT2D eigenvalue weighted by Crippen LogP contribution is -2.30. The molecule has 1 atom stereocenters. The number of fused-ring (bicyclic) bond motifs is 3. The van der Waals surface area contributed by atoms with Crippen LogP contribution in [0, 0.1) is 11.3 Å². The summed E-state index contributed by atoms with van der Waals surface area (Å²) in [5, 5.41) is 11.7. The molecule has 1 aliphatic rings. The second kappa shape index (κ2) is 11.1. The van der Waals surface area contributed by atoms with Crippen LogP contribution < -0.4 is 0 Å². The SMILES string of the molecule is C/C(C#N)=C/c1ccc(-c2ccc(C3(c4ccccc4)C=Cc4c(ccc5cc(-c6ccccc6)ccc45)C3)cc2)cc1. The van der Waals surface area contributed by atoms with Gasteiger partial charge in [0.1, 0.15) is 0 Å². The van der Waals surface area contributed by atoms with Gasteiger partial charge in [-0.05, 0) is 86.3 Å². The Morgan fingerprint density at radius 3 is 1.95 bits per heavy atom. The van der Waals surface area contributed by atoms with E-state index in [2.05, 4.69) is 158 Å². The highest BCUT2D eigenvalue weighted by Crippen LogP contribution is 2.44. The van der Waals surface area contributed by atoms with Gasteiger partial charge in [0.2, 0.25) is 0 Å². The van der Waals surface area contributed by atoms with Crippen LogP contribution in [-0.4, -0.2) is 0 Å². The van der Waals surface area contributed by atoms with E-state index in [4.69, 9.17) is 5.26 Å². The number of benzene rings is 6. The maximum atomic E-state index is 9.09. The summed E-state index contributed by atoms with van der Waals surface area (Å²) in [6.45, 7) is 1.83. The van der Waals surface area contributed by atoms with E-state index in [0.29, 0.717) is 5.57 Å². The second-order valence-corrected chi connectivity index (χ2v) is 11.4. The molecule has 0 bridgehead atoms. The van der Waals surface area contributed by atoms with Crippen LogP contribution in [0.15, 0.2) is 151 Å². The van der Waals surface area contributed by atoms with Crippen molar-refractivity contribution in [2.24, 2.45) is 0 Å². The largest absolute Gasteiger partial charge is 0.193 e. The average Bonchev–Trinajstić information content (AvgIpc) is 3.09. The number of rotatable bonds is 5. The molecule has 1 nitrogen and oxygen atoms in total. The minimum absolute atomic E-state index is 0.256. The summed E-state index contributed by atoms with van der Waals surface area (Å²) in [5.74, 6) is 0. The normalized spacial score (nSPS) is 16.0. The van der Waals surface area contributed by atoms with Crippen molar-refractivity contribution in [2.45, 2.75) is 18.8 Å². The molecular formula is C42H31N. The van der Waals surface area contributed by atoms with Gasteiger partial charge >= 0.3 is 0 Å². The van der Waals surface area contributed by atoms with E-state index >= 15 is 0 Å². The summed E-state index contributed by atoms with van der Waals surface area (Å²) < 4.78 is 0. The fourth-order valence-electron chi connectivity index (χ4n) is 6.46. The highest BCUT2D eigenvalue weighted by atomic mass is 14.4. The summed E-state index contributed by atoms with van der Waals surface area (Å²) in [5.41, 5.74) is 11.6. The number of nitriles is 1. The van der Waals surface area contributed by atoms with Gasteiger partial charge in [-0.3, -0.25) is 0 Å². The minimum Gasteiger partial charge on any atom is -0.193 e. The van der Waals surface area contributed by atoms with Crippen molar-refractivity contribution in [1.82, 2.24) is 0 Å². The lowest BCUT2D eigenvalue weighted by molar-refractivity contribution is 0.634. The molecule has 1 heteroatoms. The molecular weight excluding hydrogens is 518 g/mol. The topological polar surface area (TPSA) is 23.8 Å². The minimum atomic E-state index is -0.256. The van der Waals surface area contributed by atoms with Gasteiger partial charge in [-0.25, -0.2) is 0 Å². The summed E-state index contributed by atoms with van der Waals surface area (Å²) in [6, 6.07) is 52.6. The van der Waals surface area contributed by atoms with Crippen LogP contribution in [0.5, 0.6) is 0 Å². The second-order valence-electron chi connectivity index (χ2n) is 11.4. The fraction of sp³-hybridized carbons (Fsp3) is 0.0714. The van der Waals surface area contributed by atoms with E-state index in [9.17, 15) is 0 Å². The maximum Gasteiger partial charge on any atom is 0.0944 e. The Kier molecular flexibility index (Phi) is 6.82. The monoisotopic (exact) mass is 549 g/mol. The molecule has 1 unspecified atom stereocenters. The number of hydrogen-bond acceptors (Lipinski definition) is 1. The maximum absolute atomic E-state index is 9.09. The van der Waals surface area contributed by atoms with E-state index in [1.807, 2.05) is 13.0 Å². The average molecular weight is 550 g/mol. The van der Waals surface area contributed by atoms with E-state index in [1.165, 1.54) is 49.7 Å². The molecule has 0 fully saturated rings. The molecule has 6 aromatic carbocycles. The predicted molar refractivity (Wildman–Crippen MR) is 180 cm³/mol. The molecule has 7 rings (SSSR count). The van der Waals surface area contributed by atoms with E-state index in [1.54, 1.807) is 0 Å². The van der Waals surface area contributed by atoms with Crippen LogP contribution in [0.3, 0.4) is 0 Å². The standard InChI is InChI=1S/C42H31N/c1-30(29-43)26-31-12-14-33(15-13-31)34-18-21-39(22-19-34)42(38-10-6-3-7-11-38)25-24-41-37(28-42)17-16-36-27-35(20-23-40(36)41)32-8-4-2-5-9-32/h2-27H,28H2,1H3/b30-26-. The van der Waals surface area contributed by atoms with Gasteiger partial charge in [0.15, 0.2) is 0 Å². The molecule has 6 aromatic rings. The first kappa shape index (κ1) is 26.4. The third kappa shape index (κ3) is 4.99. The van der Waals surface area contributed by atoms with Crippen LogP contribution in [0.1, 0.15) is 34.7 Å². The Balaban J connectivity index is 1.26. The van der Waals surface area contributed by atoms with Gasteiger partial charge in [0, 0.05) is 11.0 Å². The predicted octanol–water partition coefficient (Wildman–Crippen LogP) is 10.7. The molecule has 0 N–H and O–H groups in total. The van der Waals surface area contributed by atoms with Crippen molar-refractivity contribution in [3.8, 4) is 28.3 Å². The van der Waals surface area contributed by atoms with Gasteiger partial charge in [-0.15, -0.1) is 0 Å². The molecule has 0 amide bonds. The molecule has 43 heavy (non-hydrogen) atoms. The molecule has 0 heterocycles. The number of nitrogens with zero attached hydrogens (tertiary/aromatic N) is 1. The smallest absolute Gasteiger partial charge is 0.0944 e. The quantitative estimate of drug-likeness (QED) is 0.196. The molecule has 0 radical (unpaired) electrons. The van der Waals surface area contributed by atoms with E-state index in [0.717, 1.165) is 17.5 Å². The zero-order valence-electron chi connectivity index (χ0n) is 24.2. The third-order valence-electron chi connectivity index (χ3n) is 8.76. The Morgan fingerprint density at radius 1 is 0.651 bits per heavy atom. The molecule has 0 spiro atoms. The lowest BCUT2D eigenvalue weighted by Gasteiger charge is -2.36. The zero-order chi connectivity index (χ0) is 29.2. The van der Waals surface area contributed by atoms with Crippen molar-refractivity contribution in [3.05, 3.63) is 179 Å².